The zero-order valence-electron chi connectivity index (χ0n) is 40.2. The van der Waals surface area contributed by atoms with Crippen molar-refractivity contribution < 1.29 is 33.2 Å². The summed E-state index contributed by atoms with van der Waals surface area (Å²) in [5, 5.41) is 3.30. The highest BCUT2D eigenvalue weighted by atomic mass is 16.6. The summed E-state index contributed by atoms with van der Waals surface area (Å²) in [7, 11) is 0. The second-order valence-electron chi connectivity index (χ2n) is 18.4. The van der Waals surface area contributed by atoms with Crippen LogP contribution in [0.3, 0.4) is 0 Å². The minimum Gasteiger partial charge on any atom is -0.493 e. The first-order chi connectivity index (χ1) is 30.9. The molecule has 10 rings (SSSR count). The van der Waals surface area contributed by atoms with E-state index >= 15 is 0 Å². The smallest absolute Gasteiger partial charge is 0.161 e. The van der Waals surface area contributed by atoms with Crippen LogP contribution < -0.4 is 38.5 Å². The number of hydrogen-bond acceptors (Lipinski definition) is 8. The lowest BCUT2D eigenvalue weighted by molar-refractivity contribution is 0.171. The van der Waals surface area contributed by atoms with E-state index in [9.17, 15) is 0 Å². The average molecular weight is 872 g/mol. The Morgan fingerprint density at radius 1 is 0.328 bits per heavy atom. The van der Waals surface area contributed by atoms with Gasteiger partial charge in [-0.25, -0.2) is 0 Å². The van der Waals surface area contributed by atoms with Gasteiger partial charge < -0.3 is 38.5 Å². The monoisotopic (exact) mass is 872 g/mol. The zero-order chi connectivity index (χ0) is 45.6. The third-order valence-corrected chi connectivity index (χ3v) is 11.8. The molecule has 0 bridgehead atoms. The highest BCUT2D eigenvalue weighted by Crippen LogP contribution is 2.35. The molecule has 0 aliphatic carbocycles. The minimum absolute atomic E-state index is 0.534. The normalized spacial score (nSPS) is 14.8. The Morgan fingerprint density at radius 3 is 1.14 bits per heavy atom. The molecule has 344 valence electrons. The predicted molar refractivity (Wildman–Crippen MR) is 262 cm³/mol. The summed E-state index contributed by atoms with van der Waals surface area (Å²) < 4.78 is 38.5. The highest BCUT2D eigenvalue weighted by Gasteiger charge is 2.16. The van der Waals surface area contributed by atoms with E-state index in [1.807, 2.05) is 12.1 Å². The molecule has 5 aliphatic heterocycles. The van der Waals surface area contributed by atoms with E-state index in [0.717, 1.165) is 105 Å². The first-order valence-electron chi connectivity index (χ1n) is 23.7. The first kappa shape index (κ1) is 48.0. The van der Waals surface area contributed by atoms with Gasteiger partial charge in [0.2, 0.25) is 0 Å². The van der Waals surface area contributed by atoms with Gasteiger partial charge in [0.05, 0.1) is 32.1 Å². The van der Waals surface area contributed by atoms with Crippen molar-refractivity contribution >= 4 is 5.69 Å². The van der Waals surface area contributed by atoms with Crippen LogP contribution in [-0.4, -0.2) is 52.8 Å². The second-order valence-corrected chi connectivity index (χ2v) is 18.4. The van der Waals surface area contributed by atoms with Crippen molar-refractivity contribution in [3.63, 3.8) is 0 Å². The molecular weight excluding hydrogens is 799 g/mol. The third-order valence-electron chi connectivity index (χ3n) is 11.8. The molecule has 0 aromatic heterocycles. The van der Waals surface area contributed by atoms with Crippen molar-refractivity contribution in [2.75, 3.05) is 58.1 Å². The van der Waals surface area contributed by atoms with Crippen LogP contribution in [0.2, 0.25) is 0 Å². The molecule has 0 fully saturated rings. The molecule has 1 N–H and O–H groups in total. The highest BCUT2D eigenvalue weighted by molar-refractivity contribution is 5.59. The van der Waals surface area contributed by atoms with E-state index in [4.69, 9.17) is 33.2 Å². The summed E-state index contributed by atoms with van der Waals surface area (Å²) in [5.74, 6) is 9.58. The van der Waals surface area contributed by atoms with Crippen molar-refractivity contribution in [3.05, 3.63) is 130 Å². The topological polar surface area (TPSA) is 76.6 Å². The van der Waals surface area contributed by atoms with Gasteiger partial charge in [0.15, 0.2) is 23.0 Å². The standard InChI is InChI=1S/C12H16O2.C11H15NO.C11H14O2.2C11H14O/c1-9(2)10-4-5-11-12(8-10)14-7-3-6-13-11;2*1-8(2)9-3-4-10-11(7-9)13-6-5-12-10;2*1-8(2)9-3-4-11-10(7-9)5-6-12-11/h4-5,8-9H,3,6-7H2,1-2H3;3-4,7-8,12H,5-6H2,1-2H3;3-4,7-8H,5-6H2,1-2H3;2*3-4,7-8H,5-6H2,1-2H3. The van der Waals surface area contributed by atoms with Crippen molar-refractivity contribution in [2.24, 2.45) is 0 Å². The minimum atomic E-state index is 0.534. The van der Waals surface area contributed by atoms with E-state index in [0.29, 0.717) is 42.8 Å². The molecule has 0 unspecified atom stereocenters. The lowest BCUT2D eigenvalue weighted by Crippen LogP contribution is -2.18. The van der Waals surface area contributed by atoms with Crippen LogP contribution in [0.1, 0.15) is 144 Å². The number of anilines is 1. The van der Waals surface area contributed by atoms with E-state index in [2.05, 4.69) is 153 Å². The molecule has 0 amide bonds. The predicted octanol–water partition coefficient (Wildman–Crippen LogP) is 13.7. The fraction of sp³-hybridized carbons (Fsp3) is 0.464. The fourth-order valence-corrected chi connectivity index (χ4v) is 7.60. The summed E-state index contributed by atoms with van der Waals surface area (Å²) in [6.45, 7) is 28.2. The Labute approximate surface area is 383 Å². The number of ether oxygens (including phenoxy) is 7. The van der Waals surface area contributed by atoms with Crippen LogP contribution in [-0.2, 0) is 12.8 Å². The van der Waals surface area contributed by atoms with Gasteiger partial charge in [-0.3, -0.25) is 0 Å². The molecule has 8 nitrogen and oxygen atoms in total. The summed E-state index contributed by atoms with van der Waals surface area (Å²) in [6.07, 6.45) is 3.12. The Hall–Kier alpha value is -5.50. The first-order valence-corrected chi connectivity index (χ1v) is 23.7. The maximum atomic E-state index is 5.61. The van der Waals surface area contributed by atoms with Gasteiger partial charge in [-0.1, -0.05) is 112 Å². The molecule has 0 atom stereocenters. The lowest BCUT2D eigenvalue weighted by atomic mass is 10.00. The van der Waals surface area contributed by atoms with Crippen molar-refractivity contribution in [1.29, 1.82) is 0 Å². The fourth-order valence-electron chi connectivity index (χ4n) is 7.60. The SMILES string of the molecule is CC(C)c1ccc2c(c1)CCO2.CC(C)c1ccc2c(c1)CCO2.CC(C)c1ccc2c(c1)OCCCO2.CC(C)c1ccc2c(c1)OCCN2.CC(C)c1ccc2c(c1)OCCO2. The number of nitrogens with one attached hydrogen (secondary N) is 1. The quantitative estimate of drug-likeness (QED) is 0.187. The molecule has 5 heterocycles. The van der Waals surface area contributed by atoms with Crippen LogP contribution in [0.5, 0.6) is 40.2 Å². The van der Waals surface area contributed by atoms with E-state index in [1.165, 1.54) is 38.9 Å². The number of benzene rings is 5. The summed E-state index contributed by atoms with van der Waals surface area (Å²) in [5.41, 5.74) is 10.6. The van der Waals surface area contributed by atoms with Gasteiger partial charge >= 0.3 is 0 Å². The lowest BCUT2D eigenvalue weighted by Gasteiger charge is -2.20. The molecule has 0 saturated heterocycles. The van der Waals surface area contributed by atoms with E-state index in [1.54, 1.807) is 0 Å². The number of fused-ring (bicyclic) bond motifs is 5. The Morgan fingerprint density at radius 2 is 0.672 bits per heavy atom. The Kier molecular flexibility index (Phi) is 17.6. The van der Waals surface area contributed by atoms with Crippen LogP contribution in [0, 0.1) is 0 Å². The van der Waals surface area contributed by atoms with E-state index < -0.39 is 0 Å². The molecule has 5 aliphatic rings. The van der Waals surface area contributed by atoms with Crippen molar-refractivity contribution in [1.82, 2.24) is 0 Å². The van der Waals surface area contributed by atoms with Crippen LogP contribution >= 0.6 is 0 Å². The summed E-state index contributed by atoms with van der Waals surface area (Å²) in [4.78, 5) is 0. The number of hydrogen-bond donors (Lipinski definition) is 1. The second kappa shape index (κ2) is 23.4. The Bertz CT molecular complexity index is 2120. The maximum absolute atomic E-state index is 5.61. The average Bonchev–Trinajstić information content (AvgIpc) is 3.93. The van der Waals surface area contributed by atoms with E-state index in [-0.39, 0.29) is 0 Å². The largest absolute Gasteiger partial charge is 0.493 e. The van der Waals surface area contributed by atoms with Gasteiger partial charge in [-0.15, -0.1) is 0 Å². The van der Waals surface area contributed by atoms with Crippen LogP contribution in [0.15, 0.2) is 91.0 Å². The molecule has 0 saturated carbocycles. The van der Waals surface area contributed by atoms with Crippen LogP contribution in [0.25, 0.3) is 0 Å². The summed E-state index contributed by atoms with van der Waals surface area (Å²) >= 11 is 0. The zero-order valence-corrected chi connectivity index (χ0v) is 40.2. The van der Waals surface area contributed by atoms with Gasteiger partial charge in [0, 0.05) is 25.8 Å². The van der Waals surface area contributed by atoms with Crippen molar-refractivity contribution in [3.8, 4) is 40.2 Å². The summed E-state index contributed by atoms with van der Waals surface area (Å²) in [6, 6.07) is 31.8. The number of rotatable bonds is 5. The van der Waals surface area contributed by atoms with Gasteiger partial charge in [-0.05, 0) is 117 Å². The third kappa shape index (κ3) is 13.5. The van der Waals surface area contributed by atoms with Crippen LogP contribution in [0.4, 0.5) is 5.69 Å². The van der Waals surface area contributed by atoms with Gasteiger partial charge in [0.1, 0.15) is 37.1 Å². The molecule has 8 heteroatoms. The Balaban J connectivity index is 0.000000133. The molecule has 5 aromatic carbocycles. The molecule has 0 spiro atoms. The molecule has 5 aromatic rings. The van der Waals surface area contributed by atoms with Crippen molar-refractivity contribution in [2.45, 2.75) is 118 Å². The van der Waals surface area contributed by atoms with Gasteiger partial charge in [-0.2, -0.15) is 0 Å². The van der Waals surface area contributed by atoms with Gasteiger partial charge in [0.25, 0.3) is 0 Å². The molecule has 64 heavy (non-hydrogen) atoms. The molecule has 0 radical (unpaired) electrons. The maximum Gasteiger partial charge on any atom is 0.161 e. The molecular formula is C56H73NO7.